The molecule has 0 radical (unpaired) electrons. The first-order valence-electron chi connectivity index (χ1n) is 5.94. The van der Waals surface area contributed by atoms with E-state index >= 15 is 0 Å². The molecule has 2 nitrogen and oxygen atoms in total. The van der Waals surface area contributed by atoms with Crippen LogP contribution >= 0.6 is 0 Å². The lowest BCUT2D eigenvalue weighted by Crippen LogP contribution is -1.98. The predicted octanol–water partition coefficient (Wildman–Crippen LogP) is 3.55. The molecule has 0 saturated heterocycles. The summed E-state index contributed by atoms with van der Waals surface area (Å²) in [5.74, 6) is -0.205. The molecule has 2 rings (SSSR count). The largest absolute Gasteiger partial charge is 0.486 e. The maximum absolute atomic E-state index is 13.5. The third-order valence-corrected chi connectivity index (χ3v) is 2.78. The molecular weight excluding hydrogens is 229 g/mol. The van der Waals surface area contributed by atoms with E-state index in [0.29, 0.717) is 12.3 Å². The van der Waals surface area contributed by atoms with Gasteiger partial charge in [0.15, 0.2) is 11.6 Å². The fourth-order valence-corrected chi connectivity index (χ4v) is 1.67. The Hall–Kier alpha value is -2.03. The van der Waals surface area contributed by atoms with Crippen LogP contribution in [0.3, 0.4) is 0 Å². The fourth-order valence-electron chi connectivity index (χ4n) is 1.67. The molecule has 2 N–H and O–H groups in total. The van der Waals surface area contributed by atoms with Crippen molar-refractivity contribution in [1.29, 1.82) is 0 Å². The number of halogens is 1. The first-order valence-corrected chi connectivity index (χ1v) is 5.94. The third kappa shape index (κ3) is 3.00. The number of anilines is 1. The minimum atomic E-state index is -0.430. The van der Waals surface area contributed by atoms with Crippen molar-refractivity contribution < 1.29 is 9.13 Å². The van der Waals surface area contributed by atoms with Crippen molar-refractivity contribution in [2.24, 2.45) is 0 Å². The summed E-state index contributed by atoms with van der Waals surface area (Å²) in [7, 11) is 0. The summed E-state index contributed by atoms with van der Waals surface area (Å²) >= 11 is 0. The molecule has 0 fully saturated rings. The summed E-state index contributed by atoms with van der Waals surface area (Å²) in [4.78, 5) is 0. The van der Waals surface area contributed by atoms with Gasteiger partial charge in [0.1, 0.15) is 6.61 Å². The van der Waals surface area contributed by atoms with E-state index in [1.165, 1.54) is 11.6 Å². The van der Waals surface area contributed by atoms with Crippen LogP contribution in [0.1, 0.15) is 18.1 Å². The molecule has 0 aliphatic rings. The molecule has 0 aliphatic carbocycles. The van der Waals surface area contributed by atoms with E-state index in [0.717, 1.165) is 12.0 Å². The van der Waals surface area contributed by atoms with Crippen LogP contribution in [-0.4, -0.2) is 0 Å². The molecule has 0 amide bonds. The van der Waals surface area contributed by atoms with Crippen molar-refractivity contribution in [2.75, 3.05) is 5.73 Å². The van der Waals surface area contributed by atoms with Gasteiger partial charge in [-0.2, -0.15) is 0 Å². The number of hydrogen-bond acceptors (Lipinski definition) is 2. The van der Waals surface area contributed by atoms with Gasteiger partial charge in [0.25, 0.3) is 0 Å². The normalized spacial score (nSPS) is 10.3. The highest BCUT2D eigenvalue weighted by atomic mass is 19.1. The molecular formula is C15H16FNO. The van der Waals surface area contributed by atoms with E-state index < -0.39 is 5.82 Å². The molecule has 0 unspecified atom stereocenters. The van der Waals surface area contributed by atoms with Gasteiger partial charge in [-0.3, -0.25) is 0 Å². The lowest BCUT2D eigenvalue weighted by atomic mass is 10.1. The van der Waals surface area contributed by atoms with Gasteiger partial charge in [-0.1, -0.05) is 31.2 Å². The summed E-state index contributed by atoms with van der Waals surface area (Å²) in [6, 6.07) is 12.5. The van der Waals surface area contributed by atoms with Crippen molar-refractivity contribution in [3.63, 3.8) is 0 Å². The van der Waals surface area contributed by atoms with Gasteiger partial charge in [-0.05, 0) is 29.7 Å². The van der Waals surface area contributed by atoms with Crippen LogP contribution in [0.25, 0.3) is 0 Å². The van der Waals surface area contributed by atoms with E-state index in [1.54, 1.807) is 12.1 Å². The SMILES string of the molecule is CCc1ccc(COc2ccc(N)cc2F)cc1. The van der Waals surface area contributed by atoms with E-state index in [9.17, 15) is 4.39 Å². The second-order valence-corrected chi connectivity index (χ2v) is 4.15. The molecule has 0 bridgehead atoms. The van der Waals surface area contributed by atoms with Crippen LogP contribution in [0.5, 0.6) is 5.75 Å². The Morgan fingerprint density at radius 1 is 1.06 bits per heavy atom. The zero-order valence-electron chi connectivity index (χ0n) is 10.3. The van der Waals surface area contributed by atoms with Crippen LogP contribution in [0.4, 0.5) is 10.1 Å². The zero-order valence-corrected chi connectivity index (χ0v) is 10.3. The minimum Gasteiger partial charge on any atom is -0.486 e. The maximum atomic E-state index is 13.5. The highest BCUT2D eigenvalue weighted by molar-refractivity contribution is 5.42. The average molecular weight is 245 g/mol. The van der Waals surface area contributed by atoms with Crippen LogP contribution < -0.4 is 10.5 Å². The van der Waals surface area contributed by atoms with Crippen molar-refractivity contribution in [1.82, 2.24) is 0 Å². The zero-order chi connectivity index (χ0) is 13.0. The van der Waals surface area contributed by atoms with Crippen molar-refractivity contribution >= 4 is 5.69 Å². The molecule has 0 saturated carbocycles. The number of aryl methyl sites for hydroxylation is 1. The second kappa shape index (κ2) is 5.54. The van der Waals surface area contributed by atoms with Crippen LogP contribution in [0.15, 0.2) is 42.5 Å². The molecule has 0 aromatic heterocycles. The van der Waals surface area contributed by atoms with E-state index in [1.807, 2.05) is 12.1 Å². The van der Waals surface area contributed by atoms with Crippen molar-refractivity contribution in [2.45, 2.75) is 20.0 Å². The van der Waals surface area contributed by atoms with Gasteiger partial charge in [0, 0.05) is 11.8 Å². The van der Waals surface area contributed by atoms with Gasteiger partial charge in [0.2, 0.25) is 0 Å². The molecule has 0 atom stereocenters. The number of benzene rings is 2. The Labute approximate surface area is 106 Å². The lowest BCUT2D eigenvalue weighted by molar-refractivity contribution is 0.290. The summed E-state index contributed by atoms with van der Waals surface area (Å²) in [5.41, 5.74) is 8.16. The molecule has 0 spiro atoms. The van der Waals surface area contributed by atoms with E-state index in [4.69, 9.17) is 10.5 Å². The Morgan fingerprint density at radius 2 is 1.72 bits per heavy atom. The fraction of sp³-hybridized carbons (Fsp3) is 0.200. The number of nitrogen functional groups attached to an aromatic ring is 1. The highest BCUT2D eigenvalue weighted by Crippen LogP contribution is 2.20. The van der Waals surface area contributed by atoms with Gasteiger partial charge >= 0.3 is 0 Å². The molecule has 94 valence electrons. The summed E-state index contributed by atoms with van der Waals surface area (Å²) in [6.45, 7) is 2.46. The third-order valence-electron chi connectivity index (χ3n) is 2.78. The standard InChI is InChI=1S/C15H16FNO/c1-2-11-3-5-12(6-4-11)10-18-15-8-7-13(17)9-14(15)16/h3-9H,2,10,17H2,1H3. The van der Waals surface area contributed by atoms with E-state index in [2.05, 4.69) is 19.1 Å². The van der Waals surface area contributed by atoms with Crippen LogP contribution in [0, 0.1) is 5.82 Å². The number of ether oxygens (including phenoxy) is 1. The summed E-state index contributed by atoms with van der Waals surface area (Å²) in [6.07, 6.45) is 1.01. The molecule has 0 aliphatic heterocycles. The van der Waals surface area contributed by atoms with Crippen LogP contribution in [0.2, 0.25) is 0 Å². The quantitative estimate of drug-likeness (QED) is 0.836. The van der Waals surface area contributed by atoms with Crippen LogP contribution in [-0.2, 0) is 13.0 Å². The number of rotatable bonds is 4. The maximum Gasteiger partial charge on any atom is 0.167 e. The lowest BCUT2D eigenvalue weighted by Gasteiger charge is -2.08. The minimum absolute atomic E-state index is 0.226. The summed E-state index contributed by atoms with van der Waals surface area (Å²) in [5, 5.41) is 0. The molecule has 3 heteroatoms. The molecule has 0 heterocycles. The number of nitrogens with two attached hydrogens (primary N) is 1. The van der Waals surface area contributed by atoms with Gasteiger partial charge in [-0.25, -0.2) is 4.39 Å². The number of hydrogen-bond donors (Lipinski definition) is 1. The van der Waals surface area contributed by atoms with Gasteiger partial charge in [-0.15, -0.1) is 0 Å². The van der Waals surface area contributed by atoms with E-state index in [-0.39, 0.29) is 5.75 Å². The van der Waals surface area contributed by atoms with Gasteiger partial charge in [0.05, 0.1) is 0 Å². The summed E-state index contributed by atoms with van der Waals surface area (Å²) < 4.78 is 18.9. The average Bonchev–Trinajstić information content (AvgIpc) is 2.38. The van der Waals surface area contributed by atoms with Crippen molar-refractivity contribution in [3.8, 4) is 5.75 Å². The van der Waals surface area contributed by atoms with Crippen molar-refractivity contribution in [3.05, 3.63) is 59.4 Å². The Balaban J connectivity index is 2.02. The second-order valence-electron chi connectivity index (χ2n) is 4.15. The monoisotopic (exact) mass is 245 g/mol. The Bertz CT molecular complexity index is 523. The topological polar surface area (TPSA) is 35.2 Å². The molecule has 18 heavy (non-hydrogen) atoms. The smallest absolute Gasteiger partial charge is 0.167 e. The molecule has 2 aromatic carbocycles. The Morgan fingerprint density at radius 3 is 2.33 bits per heavy atom. The predicted molar refractivity (Wildman–Crippen MR) is 71.0 cm³/mol. The first kappa shape index (κ1) is 12.4. The van der Waals surface area contributed by atoms with Gasteiger partial charge < -0.3 is 10.5 Å². The molecule has 2 aromatic rings. The first-order chi connectivity index (χ1) is 8.69. The Kier molecular flexibility index (Phi) is 3.82. The highest BCUT2D eigenvalue weighted by Gasteiger charge is 2.03.